The quantitative estimate of drug-likeness (QED) is 0.743. The fourth-order valence-corrected chi connectivity index (χ4v) is 5.92. The summed E-state index contributed by atoms with van der Waals surface area (Å²) < 4.78 is 2.59. The van der Waals surface area contributed by atoms with Crippen LogP contribution in [0.1, 0.15) is 52.4 Å². The number of anilines is 1. The van der Waals surface area contributed by atoms with Gasteiger partial charge in [-0.1, -0.05) is 0 Å². The molecule has 1 aromatic rings. The van der Waals surface area contributed by atoms with Crippen LogP contribution in [-0.2, 0) is 5.54 Å². The Labute approximate surface area is 141 Å². The molecule has 22 heavy (non-hydrogen) atoms. The topological polar surface area (TPSA) is 7.12 Å². The van der Waals surface area contributed by atoms with Gasteiger partial charge in [0.1, 0.15) is 0 Å². The molecule has 1 aromatic heterocycles. The van der Waals surface area contributed by atoms with E-state index in [0.717, 1.165) is 30.8 Å². The number of halogens is 1. The Kier molecular flexibility index (Phi) is 4.42. The van der Waals surface area contributed by atoms with E-state index < -0.39 is 0 Å². The molecule has 0 N–H and O–H groups in total. The zero-order chi connectivity index (χ0) is 14.4. The Morgan fingerprint density at radius 3 is 1.82 bits per heavy atom. The molecule has 4 bridgehead atoms. The number of nitrogens with zero attached hydrogens (tertiary/aromatic N) is 2. The van der Waals surface area contributed by atoms with E-state index in [2.05, 4.69) is 47.8 Å². The van der Waals surface area contributed by atoms with Gasteiger partial charge in [-0.15, -0.1) is 0 Å². The summed E-state index contributed by atoms with van der Waals surface area (Å²) in [5, 5.41) is 0. The summed E-state index contributed by atoms with van der Waals surface area (Å²) >= 11 is 0. The Morgan fingerprint density at radius 2 is 1.41 bits per heavy atom. The molecule has 0 unspecified atom stereocenters. The van der Waals surface area contributed by atoms with Gasteiger partial charge in [0.15, 0.2) is 17.9 Å². The van der Waals surface area contributed by atoms with Gasteiger partial charge in [0.25, 0.3) is 0 Å². The first-order valence-electron chi connectivity index (χ1n) is 8.99. The van der Waals surface area contributed by atoms with E-state index in [0.29, 0.717) is 5.54 Å². The standard InChI is InChI=1S/C19H29N2.ClH/c1-3-20(4-2)18-5-7-21(8-6-18)19-12-15-9-16(13-19)11-17(10-15)14-19;/h5-8,15-17H,3-4,9-14H2,1-2H3;1H/q+1;/p-1. The van der Waals surface area contributed by atoms with Crippen molar-refractivity contribution in [1.82, 2.24) is 0 Å². The zero-order valence-corrected chi connectivity index (χ0v) is 14.7. The largest absolute Gasteiger partial charge is 1.00 e. The lowest BCUT2D eigenvalue weighted by Crippen LogP contribution is -3.00. The first-order chi connectivity index (χ1) is 10.2. The third-order valence-electron chi connectivity index (χ3n) is 6.49. The zero-order valence-electron chi connectivity index (χ0n) is 14.0. The number of aromatic nitrogens is 1. The molecule has 122 valence electrons. The van der Waals surface area contributed by atoms with Gasteiger partial charge in [-0.05, 0) is 50.9 Å². The summed E-state index contributed by atoms with van der Waals surface area (Å²) in [5.74, 6) is 3.06. The predicted molar refractivity (Wildman–Crippen MR) is 86.3 cm³/mol. The molecule has 0 radical (unpaired) electrons. The van der Waals surface area contributed by atoms with E-state index in [1.807, 2.05) is 0 Å². The van der Waals surface area contributed by atoms with Gasteiger partial charge in [0, 0.05) is 50.2 Å². The fourth-order valence-electron chi connectivity index (χ4n) is 5.92. The highest BCUT2D eigenvalue weighted by molar-refractivity contribution is 5.43. The first-order valence-corrected chi connectivity index (χ1v) is 8.99. The van der Waals surface area contributed by atoms with E-state index in [1.54, 1.807) is 0 Å². The van der Waals surface area contributed by atoms with Crippen molar-refractivity contribution in [2.24, 2.45) is 17.8 Å². The van der Waals surface area contributed by atoms with E-state index in [1.165, 1.54) is 44.2 Å². The molecular formula is C19H29ClN2. The Bertz CT molecular complexity index is 471. The molecule has 4 saturated carbocycles. The average Bonchev–Trinajstić information content (AvgIpc) is 2.48. The van der Waals surface area contributed by atoms with Gasteiger partial charge >= 0.3 is 0 Å². The fraction of sp³-hybridized carbons (Fsp3) is 0.737. The molecule has 1 heterocycles. The molecule has 5 rings (SSSR count). The summed E-state index contributed by atoms with van der Waals surface area (Å²) in [6.45, 7) is 6.67. The van der Waals surface area contributed by atoms with Gasteiger partial charge in [-0.25, -0.2) is 0 Å². The van der Waals surface area contributed by atoms with Crippen molar-refractivity contribution in [3.63, 3.8) is 0 Å². The van der Waals surface area contributed by atoms with Crippen LogP contribution in [0.25, 0.3) is 0 Å². The normalized spacial score (nSPS) is 35.3. The molecule has 4 aliphatic carbocycles. The molecule has 0 atom stereocenters. The van der Waals surface area contributed by atoms with E-state index in [-0.39, 0.29) is 12.4 Å². The second-order valence-corrected chi connectivity index (χ2v) is 7.78. The SMILES string of the molecule is CCN(CC)c1cc[n+](C23CC4CC(CC(C4)C2)C3)cc1.[Cl-]. The molecule has 0 aliphatic heterocycles. The Balaban J connectivity index is 0.00000144. The highest BCUT2D eigenvalue weighted by Crippen LogP contribution is 2.56. The number of rotatable bonds is 4. The molecule has 3 heteroatoms. The number of hydrogen-bond acceptors (Lipinski definition) is 1. The van der Waals surface area contributed by atoms with E-state index in [9.17, 15) is 0 Å². The van der Waals surface area contributed by atoms with Crippen LogP contribution in [-0.4, -0.2) is 13.1 Å². The van der Waals surface area contributed by atoms with Crippen LogP contribution in [0.15, 0.2) is 24.5 Å². The summed E-state index contributed by atoms with van der Waals surface area (Å²) in [6.07, 6.45) is 13.6. The third-order valence-corrected chi connectivity index (χ3v) is 6.49. The van der Waals surface area contributed by atoms with Crippen molar-refractivity contribution in [2.75, 3.05) is 18.0 Å². The molecule has 0 spiro atoms. The van der Waals surface area contributed by atoms with Crippen molar-refractivity contribution < 1.29 is 17.0 Å². The first kappa shape index (κ1) is 16.1. The molecule has 0 amide bonds. The van der Waals surface area contributed by atoms with Crippen molar-refractivity contribution in [1.29, 1.82) is 0 Å². The van der Waals surface area contributed by atoms with Gasteiger partial charge in [0.05, 0.1) is 0 Å². The minimum atomic E-state index is 0. The van der Waals surface area contributed by atoms with Crippen LogP contribution >= 0.6 is 0 Å². The smallest absolute Gasteiger partial charge is 0.171 e. The van der Waals surface area contributed by atoms with E-state index >= 15 is 0 Å². The predicted octanol–water partition coefficient (Wildman–Crippen LogP) is 0.750. The molecule has 4 aliphatic rings. The van der Waals surface area contributed by atoms with Gasteiger partial charge in [-0.3, -0.25) is 0 Å². The maximum Gasteiger partial charge on any atom is 0.171 e. The minimum Gasteiger partial charge on any atom is -1.00 e. The van der Waals surface area contributed by atoms with Crippen LogP contribution in [0, 0.1) is 17.8 Å². The Morgan fingerprint density at radius 1 is 0.955 bits per heavy atom. The highest BCUT2D eigenvalue weighted by Gasteiger charge is 2.56. The highest BCUT2D eigenvalue weighted by atomic mass is 35.5. The van der Waals surface area contributed by atoms with E-state index in [4.69, 9.17) is 0 Å². The van der Waals surface area contributed by atoms with Crippen molar-refractivity contribution in [2.45, 2.75) is 57.9 Å². The van der Waals surface area contributed by atoms with Crippen LogP contribution in [0.4, 0.5) is 5.69 Å². The lowest BCUT2D eigenvalue weighted by Gasteiger charge is -2.53. The molecule has 0 aromatic carbocycles. The van der Waals surface area contributed by atoms with Gasteiger partial charge < -0.3 is 17.3 Å². The minimum absolute atomic E-state index is 0. The summed E-state index contributed by atoms with van der Waals surface area (Å²) in [4.78, 5) is 2.43. The Hall–Kier alpha value is -0.760. The third kappa shape index (κ3) is 2.54. The maximum atomic E-state index is 2.59. The summed E-state index contributed by atoms with van der Waals surface area (Å²) in [6, 6.07) is 4.68. The summed E-state index contributed by atoms with van der Waals surface area (Å²) in [5.41, 5.74) is 1.84. The second kappa shape index (κ2) is 6.03. The van der Waals surface area contributed by atoms with Crippen LogP contribution in [0.5, 0.6) is 0 Å². The maximum absolute atomic E-state index is 2.59. The summed E-state index contributed by atoms with van der Waals surface area (Å²) in [7, 11) is 0. The lowest BCUT2D eigenvalue weighted by atomic mass is 9.53. The average molecular weight is 321 g/mol. The molecular weight excluding hydrogens is 292 g/mol. The van der Waals surface area contributed by atoms with Crippen molar-refractivity contribution in [3.05, 3.63) is 24.5 Å². The molecule has 4 fully saturated rings. The lowest BCUT2D eigenvalue weighted by molar-refractivity contribution is -0.776. The number of pyridine rings is 1. The number of hydrogen-bond donors (Lipinski definition) is 0. The van der Waals surface area contributed by atoms with Crippen molar-refractivity contribution in [3.8, 4) is 0 Å². The van der Waals surface area contributed by atoms with Gasteiger partial charge in [0.2, 0.25) is 0 Å². The van der Waals surface area contributed by atoms with Crippen molar-refractivity contribution >= 4 is 5.69 Å². The monoisotopic (exact) mass is 320 g/mol. The second-order valence-electron chi connectivity index (χ2n) is 7.78. The van der Waals surface area contributed by atoms with Crippen LogP contribution in [0.3, 0.4) is 0 Å². The van der Waals surface area contributed by atoms with Crippen LogP contribution in [0.2, 0.25) is 0 Å². The molecule has 0 saturated heterocycles. The van der Waals surface area contributed by atoms with Crippen LogP contribution < -0.4 is 21.9 Å². The van der Waals surface area contributed by atoms with Gasteiger partial charge in [-0.2, -0.15) is 4.57 Å². The molecule has 2 nitrogen and oxygen atoms in total.